The van der Waals surface area contributed by atoms with Gasteiger partial charge in [0.2, 0.25) is 55.4 Å². The van der Waals surface area contributed by atoms with Gasteiger partial charge in [-0.3, -0.25) is 43.0 Å². The minimum absolute atomic E-state index is 0.0269. The van der Waals surface area contributed by atoms with Gasteiger partial charge in [-0.15, -0.1) is 13.2 Å². The number of sulfonamides is 2. The van der Waals surface area contributed by atoms with Gasteiger partial charge in [0.25, 0.3) is 0 Å². The number of nitrogens with two attached hydrogens (primary N) is 1. The number of ether oxygens (including phenoxy) is 4. The molecule has 2 aromatic heterocycles. The zero-order chi connectivity index (χ0) is 70.8. The lowest BCUT2D eigenvalue weighted by Crippen LogP contribution is -2.53. The summed E-state index contributed by atoms with van der Waals surface area (Å²) in [4.78, 5) is 117. The number of Topliss-reactive ketones (excluding diaryl/α,β-unsaturated/α-hetero) is 3. The predicted octanol–water partition coefficient (Wildman–Crippen LogP) is 8.14. The molecule has 0 unspecified atom stereocenters. The molecule has 25 heteroatoms. The number of ketones is 3. The molecule has 4 heterocycles. The van der Waals surface area contributed by atoms with Gasteiger partial charge in [-0.25, -0.2) is 31.6 Å². The van der Waals surface area contributed by atoms with E-state index in [0.717, 1.165) is 21.5 Å². The van der Waals surface area contributed by atoms with Crippen molar-refractivity contribution in [2.24, 2.45) is 50.6 Å². The molecule has 520 valence electrons. The molecule has 6 aliphatic rings. The van der Waals surface area contributed by atoms with Gasteiger partial charge in [0.1, 0.15) is 35.4 Å². The van der Waals surface area contributed by atoms with Crippen LogP contribution in [0.5, 0.6) is 23.3 Å². The number of carbonyl (C=O) groups is 7. The Bertz CT molecular complexity index is 3950. The first-order valence-corrected chi connectivity index (χ1v) is 35.6. The van der Waals surface area contributed by atoms with E-state index in [1.54, 1.807) is 50.9 Å². The van der Waals surface area contributed by atoms with Crippen LogP contribution in [0.1, 0.15) is 139 Å². The fraction of sp³-hybridized carbons (Fsp3) is 0.563. The average Bonchev–Trinajstić information content (AvgIpc) is 1.58. The summed E-state index contributed by atoms with van der Waals surface area (Å²) in [7, 11) is -4.46. The molecule has 96 heavy (non-hydrogen) atoms. The van der Waals surface area contributed by atoms with Crippen LogP contribution in [0.15, 0.2) is 92.8 Å². The number of benzene rings is 2. The second kappa shape index (κ2) is 28.7. The van der Waals surface area contributed by atoms with Crippen molar-refractivity contribution in [2.75, 3.05) is 27.3 Å². The van der Waals surface area contributed by atoms with Gasteiger partial charge in [0.05, 0.1) is 66.8 Å². The van der Waals surface area contributed by atoms with Gasteiger partial charge in [-0.2, -0.15) is 0 Å². The van der Waals surface area contributed by atoms with Gasteiger partial charge >= 0.3 is 0 Å². The minimum Gasteiger partial charge on any atom is -0.497 e. The molecular weight excluding hydrogens is 1270 g/mol. The summed E-state index contributed by atoms with van der Waals surface area (Å²) in [5.41, 5.74) is 2.45. The summed E-state index contributed by atoms with van der Waals surface area (Å²) < 4.78 is 78.3. The Hall–Kier alpha value is -7.86. The molecule has 0 spiro atoms. The summed E-state index contributed by atoms with van der Waals surface area (Å²) >= 11 is 0. The highest BCUT2D eigenvalue weighted by Gasteiger charge is 2.63. The Balaban J connectivity index is 0.000000238. The van der Waals surface area contributed by atoms with Crippen molar-refractivity contribution < 1.29 is 74.1 Å². The van der Waals surface area contributed by atoms with E-state index in [2.05, 4.69) is 39.1 Å². The zero-order valence-electron chi connectivity index (χ0n) is 56.9. The monoisotopic (exact) mass is 1360 g/mol. The van der Waals surface area contributed by atoms with E-state index < -0.39 is 106 Å². The Morgan fingerprint density at radius 1 is 0.656 bits per heavy atom. The summed E-state index contributed by atoms with van der Waals surface area (Å²) in [5.74, 6) is -0.986. The van der Waals surface area contributed by atoms with Crippen LogP contribution in [0.4, 0.5) is 0 Å². The smallest absolute Gasteiger partial charge is 0.240 e. The molecule has 6 fully saturated rings. The van der Waals surface area contributed by atoms with Crippen LogP contribution >= 0.6 is 0 Å². The number of carbonyl (C=O) groups excluding carboxylic acids is 8. The second-order valence-corrected chi connectivity index (χ2v) is 33.7. The Labute approximate surface area is 563 Å². The number of amides is 4. The zero-order valence-corrected chi connectivity index (χ0v) is 58.6. The van der Waals surface area contributed by atoms with Crippen LogP contribution in [0.3, 0.4) is 0 Å². The first kappa shape index (κ1) is 73.9. The number of methoxy groups -OCH3 is 2. The Kier molecular flexibility index (Phi) is 22.1. The lowest BCUT2D eigenvalue weighted by molar-refractivity contribution is -0.146. The number of hydrogen-bond acceptors (Lipinski definition) is 19. The number of rotatable bonds is 25. The van der Waals surface area contributed by atoms with E-state index in [9.17, 15) is 50.4 Å². The maximum atomic E-state index is 14.6. The molecule has 10 rings (SSSR count). The molecule has 4 saturated carbocycles. The third-order valence-electron chi connectivity index (χ3n) is 19.1. The molecular formula is C71H93N7O16S2. The van der Waals surface area contributed by atoms with E-state index >= 15 is 0 Å². The van der Waals surface area contributed by atoms with E-state index in [1.165, 1.54) is 15.7 Å². The van der Waals surface area contributed by atoms with Crippen LogP contribution in [0.2, 0.25) is 0 Å². The molecule has 0 bridgehead atoms. The molecule has 4 aromatic rings. The summed E-state index contributed by atoms with van der Waals surface area (Å²) in [5, 5.41) is 2.02. The van der Waals surface area contributed by atoms with Crippen LogP contribution in [0.25, 0.3) is 21.5 Å². The topological polar surface area (TPSA) is 324 Å². The van der Waals surface area contributed by atoms with Crippen molar-refractivity contribution in [1.82, 2.24) is 29.2 Å². The maximum Gasteiger partial charge on any atom is 0.240 e. The van der Waals surface area contributed by atoms with Crippen molar-refractivity contribution in [2.45, 2.75) is 180 Å². The minimum atomic E-state index is -3.83. The number of hydrogen-bond donors (Lipinski definition) is 3. The predicted molar refractivity (Wildman–Crippen MR) is 362 cm³/mol. The molecule has 2 saturated heterocycles. The first-order valence-electron chi connectivity index (χ1n) is 32.5. The van der Waals surface area contributed by atoms with Crippen LogP contribution in [0, 0.1) is 44.8 Å². The first-order chi connectivity index (χ1) is 44.9. The SMILES string of the molecule is C=C=O.C=C[C@@H]1C[C@]1(CC(=O)[C@@H]1C[C@@H](Oc2nccc3cc(OC)ccc23)CN1C(=O)[C@@H](CC(=O)CC(C)(C)C)C(C)(C)C)C(=O)NS(=O)(=O)C1CC1.C=C[C@@H]1C[C@]1(CC(=O)[C@@H]1C[C@@H](Oc2nccc3cc(OC)ccc23)CN1C(=O)[C@@H](N)C(C)(C)C)C(=O)NS(=O)(=O)C1CC1. The number of likely N-dealkylation sites (tertiary alicyclic amines) is 2. The van der Waals surface area contributed by atoms with Crippen molar-refractivity contribution in [3.8, 4) is 23.3 Å². The standard InChI is InChI=1S/C38H51N3O8S.C31H40N4O7S.C2H2O/c1-9-24-19-38(24,35(45)40-50(46,47)28-11-12-28)21-32(43)31-18-27(49-33-29-13-10-26(48-8)16-23(29)14-15-39-33)22-41(31)34(44)30(37(5,6)7)17-25(42)20-36(2,3)4;1-6-19-15-31(19,29(38)34-43(39,40)22-8-9-22)16-25(36)24-14-21(17-35(24)28(37)26(32)30(2,3)4)42-27-23-10-7-20(41-5)13-18(23)11-12-33-27;1-2-3/h9-10,13-16,24,27-28,30-31H,1,11-12,17-22H2,2-8H3,(H,40,45);6-7,10-13,19,21-22,24,26H,1,8-9,14-17,32H2,2-5H3,(H,34,38);1H2/t24-,27-,30-,31+,38-;19-,21-,24+,26-,31-;/m11./s1. The normalized spacial score (nSPS) is 24.5. The molecule has 0 radical (unpaired) electrons. The summed E-state index contributed by atoms with van der Waals surface area (Å²) in [6, 6.07) is 11.9. The van der Waals surface area contributed by atoms with Gasteiger partial charge < -0.3 is 34.5 Å². The van der Waals surface area contributed by atoms with Gasteiger partial charge in [-0.1, -0.05) is 74.5 Å². The van der Waals surface area contributed by atoms with Gasteiger partial charge in [-0.05, 0) is 132 Å². The number of nitrogens with zero attached hydrogens (tertiary/aromatic N) is 4. The van der Waals surface area contributed by atoms with E-state index in [-0.39, 0.29) is 92.1 Å². The van der Waals surface area contributed by atoms with Crippen LogP contribution in [-0.4, -0.2) is 152 Å². The molecule has 2 aromatic carbocycles. The number of fused-ring (bicyclic) bond motifs is 2. The molecule has 4 aliphatic carbocycles. The third kappa shape index (κ3) is 17.1. The highest BCUT2D eigenvalue weighted by Crippen LogP contribution is 2.58. The Morgan fingerprint density at radius 3 is 1.39 bits per heavy atom. The van der Waals surface area contributed by atoms with Crippen LogP contribution in [-0.2, 0) is 58.4 Å². The lowest BCUT2D eigenvalue weighted by Gasteiger charge is -2.35. The van der Waals surface area contributed by atoms with E-state index in [1.807, 2.05) is 98.7 Å². The highest BCUT2D eigenvalue weighted by molar-refractivity contribution is 7.91. The van der Waals surface area contributed by atoms with Crippen molar-refractivity contribution >= 4 is 88.5 Å². The van der Waals surface area contributed by atoms with Crippen molar-refractivity contribution in [1.29, 1.82) is 0 Å². The average molecular weight is 1360 g/mol. The quantitative estimate of drug-likeness (QED) is 0.0416. The molecule has 10 atom stereocenters. The lowest BCUT2D eigenvalue weighted by atomic mass is 9.75. The summed E-state index contributed by atoms with van der Waals surface area (Å²) in [6.45, 7) is 27.7. The number of nitrogens with one attached hydrogen (secondary N) is 2. The van der Waals surface area contributed by atoms with Crippen LogP contribution < -0.4 is 34.1 Å². The fourth-order valence-corrected chi connectivity index (χ4v) is 15.7. The van der Waals surface area contributed by atoms with Gasteiger partial charge in [0.15, 0.2) is 11.6 Å². The molecule has 4 N–H and O–H groups in total. The van der Waals surface area contributed by atoms with Gasteiger partial charge in [0, 0.05) is 67.6 Å². The third-order valence-corrected chi connectivity index (χ3v) is 22.7. The fourth-order valence-electron chi connectivity index (χ4n) is 12.9. The van der Waals surface area contributed by atoms with E-state index in [4.69, 9.17) is 29.5 Å². The molecule has 23 nitrogen and oxygen atoms in total. The molecule has 4 amide bonds. The highest BCUT2D eigenvalue weighted by atomic mass is 32.2. The summed E-state index contributed by atoms with van der Waals surface area (Å²) in [6.07, 6.45) is 7.96. The van der Waals surface area contributed by atoms with Crippen molar-refractivity contribution in [3.05, 3.63) is 92.8 Å². The number of pyridine rings is 2. The van der Waals surface area contributed by atoms with E-state index in [0.29, 0.717) is 61.8 Å². The Morgan fingerprint density at radius 2 is 1.05 bits per heavy atom. The largest absolute Gasteiger partial charge is 0.497 e. The molecule has 2 aliphatic heterocycles. The maximum absolute atomic E-state index is 14.6. The number of aromatic nitrogens is 2. The number of allylic oxidation sites excluding steroid dienone is 2. The second-order valence-electron chi connectivity index (χ2n) is 29.8. The van der Waals surface area contributed by atoms with Crippen molar-refractivity contribution in [3.63, 3.8) is 0 Å².